The van der Waals surface area contributed by atoms with Crippen LogP contribution in [0.1, 0.15) is 0 Å². The van der Waals surface area contributed by atoms with E-state index in [0.29, 0.717) is 12.1 Å². The van der Waals surface area contributed by atoms with Gasteiger partial charge in [0.2, 0.25) is 0 Å². The van der Waals surface area contributed by atoms with Crippen molar-refractivity contribution in [3.63, 3.8) is 0 Å². The standard InChI is InChI=1S/C8H5F3N2O3/c9-3-8(14)12-6-1-4(10)5(11)2-7(6)13(15)16/h1-2H,3H2,(H,12,14). The first kappa shape index (κ1) is 12.0. The van der Waals surface area contributed by atoms with E-state index >= 15 is 0 Å². The highest BCUT2D eigenvalue weighted by Gasteiger charge is 2.20. The fraction of sp³-hybridized carbons (Fsp3) is 0.125. The molecule has 1 N–H and O–H groups in total. The molecule has 1 rings (SSSR count). The van der Waals surface area contributed by atoms with Crippen LogP contribution in [0.3, 0.4) is 0 Å². The van der Waals surface area contributed by atoms with Crippen LogP contribution in [0, 0.1) is 21.7 Å². The van der Waals surface area contributed by atoms with E-state index in [1.54, 1.807) is 5.32 Å². The zero-order valence-corrected chi connectivity index (χ0v) is 7.67. The van der Waals surface area contributed by atoms with Crippen molar-refractivity contribution in [1.29, 1.82) is 0 Å². The van der Waals surface area contributed by atoms with Gasteiger partial charge >= 0.3 is 0 Å². The zero-order valence-electron chi connectivity index (χ0n) is 7.67. The molecule has 0 saturated heterocycles. The fourth-order valence-corrected chi connectivity index (χ4v) is 0.971. The van der Waals surface area contributed by atoms with Crippen molar-refractivity contribution in [2.75, 3.05) is 12.0 Å². The Labute approximate surface area is 87.0 Å². The molecule has 8 heteroatoms. The SMILES string of the molecule is O=C(CF)Nc1cc(F)c(F)cc1[N+](=O)[O-]. The number of carbonyl (C=O) groups excluding carboxylic acids is 1. The second kappa shape index (κ2) is 4.60. The van der Waals surface area contributed by atoms with Crippen molar-refractivity contribution in [3.8, 4) is 0 Å². The number of anilines is 1. The normalized spacial score (nSPS) is 9.94. The smallest absolute Gasteiger partial charge is 0.295 e. The van der Waals surface area contributed by atoms with Crippen LogP contribution in [0.25, 0.3) is 0 Å². The number of carbonyl (C=O) groups is 1. The number of alkyl halides is 1. The molecule has 5 nitrogen and oxygen atoms in total. The van der Waals surface area contributed by atoms with Crippen molar-refractivity contribution in [2.24, 2.45) is 0 Å². The summed E-state index contributed by atoms with van der Waals surface area (Å²) in [5, 5.41) is 12.2. The topological polar surface area (TPSA) is 72.2 Å². The molecular weight excluding hydrogens is 229 g/mol. The van der Waals surface area contributed by atoms with Crippen molar-refractivity contribution in [2.45, 2.75) is 0 Å². The lowest BCUT2D eigenvalue weighted by molar-refractivity contribution is -0.384. The number of amides is 1. The third-order valence-corrected chi connectivity index (χ3v) is 1.63. The highest BCUT2D eigenvalue weighted by Crippen LogP contribution is 2.26. The third kappa shape index (κ3) is 2.47. The van der Waals surface area contributed by atoms with Crippen LogP contribution in [0.5, 0.6) is 0 Å². The summed E-state index contributed by atoms with van der Waals surface area (Å²) in [6, 6.07) is 0.726. The Balaban J connectivity index is 3.19. The Morgan fingerprint density at radius 2 is 1.94 bits per heavy atom. The molecule has 0 aliphatic heterocycles. The first-order valence-electron chi connectivity index (χ1n) is 3.95. The molecule has 0 radical (unpaired) electrons. The first-order valence-corrected chi connectivity index (χ1v) is 3.95. The minimum absolute atomic E-state index is 0.309. The Morgan fingerprint density at radius 3 is 2.44 bits per heavy atom. The van der Waals surface area contributed by atoms with Crippen LogP contribution in [-0.2, 0) is 4.79 Å². The second-order valence-electron chi connectivity index (χ2n) is 2.72. The van der Waals surface area contributed by atoms with Crippen LogP contribution in [0.4, 0.5) is 24.5 Å². The fourth-order valence-electron chi connectivity index (χ4n) is 0.971. The Bertz CT molecular complexity index is 450. The number of rotatable bonds is 3. The zero-order chi connectivity index (χ0) is 12.3. The van der Waals surface area contributed by atoms with Crippen molar-refractivity contribution >= 4 is 17.3 Å². The predicted octanol–water partition coefficient (Wildman–Crippen LogP) is 1.78. The third-order valence-electron chi connectivity index (χ3n) is 1.63. The maximum absolute atomic E-state index is 12.7. The molecule has 16 heavy (non-hydrogen) atoms. The van der Waals surface area contributed by atoms with Gasteiger partial charge in [0.05, 0.1) is 11.0 Å². The van der Waals surface area contributed by atoms with E-state index in [2.05, 4.69) is 0 Å². The summed E-state index contributed by atoms with van der Waals surface area (Å²) in [4.78, 5) is 20.0. The van der Waals surface area contributed by atoms with E-state index in [4.69, 9.17) is 0 Å². The molecule has 0 unspecified atom stereocenters. The number of hydrogen-bond acceptors (Lipinski definition) is 3. The molecule has 0 bridgehead atoms. The van der Waals surface area contributed by atoms with Gasteiger partial charge in [0.1, 0.15) is 5.69 Å². The summed E-state index contributed by atoms with van der Waals surface area (Å²) < 4.78 is 37.2. The second-order valence-corrected chi connectivity index (χ2v) is 2.72. The summed E-state index contributed by atoms with van der Waals surface area (Å²) >= 11 is 0. The molecule has 86 valence electrons. The van der Waals surface area contributed by atoms with E-state index in [0.717, 1.165) is 0 Å². The number of nitrogens with one attached hydrogen (secondary N) is 1. The molecular formula is C8H5F3N2O3. The van der Waals surface area contributed by atoms with Crippen LogP contribution in [0.15, 0.2) is 12.1 Å². The van der Waals surface area contributed by atoms with Crippen LogP contribution >= 0.6 is 0 Å². The quantitative estimate of drug-likeness (QED) is 0.640. The Morgan fingerprint density at radius 1 is 1.38 bits per heavy atom. The van der Waals surface area contributed by atoms with Gasteiger partial charge in [-0.3, -0.25) is 14.9 Å². The highest BCUT2D eigenvalue weighted by atomic mass is 19.2. The first-order chi connectivity index (χ1) is 7.45. The molecule has 0 spiro atoms. The summed E-state index contributed by atoms with van der Waals surface area (Å²) in [5.74, 6) is -3.99. The molecule has 0 aliphatic carbocycles. The van der Waals surface area contributed by atoms with Crippen molar-refractivity contribution < 1.29 is 22.9 Å². The van der Waals surface area contributed by atoms with Gasteiger partial charge < -0.3 is 5.32 Å². The van der Waals surface area contributed by atoms with Gasteiger partial charge in [-0.25, -0.2) is 13.2 Å². The van der Waals surface area contributed by atoms with Crippen LogP contribution < -0.4 is 5.32 Å². The Kier molecular flexibility index (Phi) is 3.44. The lowest BCUT2D eigenvalue weighted by atomic mass is 10.2. The van der Waals surface area contributed by atoms with E-state index in [-0.39, 0.29) is 0 Å². The molecule has 0 fully saturated rings. The van der Waals surface area contributed by atoms with Gasteiger partial charge in [-0.15, -0.1) is 0 Å². The monoisotopic (exact) mass is 234 g/mol. The van der Waals surface area contributed by atoms with E-state index in [9.17, 15) is 28.1 Å². The maximum Gasteiger partial charge on any atom is 0.295 e. The van der Waals surface area contributed by atoms with E-state index < -0.39 is 40.5 Å². The minimum atomic E-state index is -1.43. The molecule has 0 aromatic heterocycles. The molecule has 1 amide bonds. The highest BCUT2D eigenvalue weighted by molar-refractivity contribution is 5.93. The van der Waals surface area contributed by atoms with Crippen molar-refractivity contribution in [3.05, 3.63) is 33.9 Å². The lowest BCUT2D eigenvalue weighted by Crippen LogP contribution is -2.14. The number of nitro groups is 1. The Hall–Kier alpha value is -2.12. The molecule has 0 saturated carbocycles. The van der Waals surface area contributed by atoms with Gasteiger partial charge in [0, 0.05) is 6.07 Å². The number of hydrogen-bond donors (Lipinski definition) is 1. The van der Waals surface area contributed by atoms with Crippen LogP contribution in [0.2, 0.25) is 0 Å². The van der Waals surface area contributed by atoms with Crippen LogP contribution in [-0.4, -0.2) is 17.5 Å². The molecule has 0 heterocycles. The largest absolute Gasteiger partial charge is 0.318 e. The summed E-state index contributed by atoms with van der Waals surface area (Å²) in [7, 11) is 0. The number of nitrogens with zero attached hydrogens (tertiary/aromatic N) is 1. The van der Waals surface area contributed by atoms with Crippen molar-refractivity contribution in [1.82, 2.24) is 0 Å². The van der Waals surface area contributed by atoms with Gasteiger partial charge in [-0.1, -0.05) is 0 Å². The minimum Gasteiger partial charge on any atom is -0.318 e. The average Bonchev–Trinajstić information content (AvgIpc) is 2.22. The molecule has 0 aliphatic rings. The maximum atomic E-state index is 12.7. The molecule has 1 aromatic rings. The summed E-state index contributed by atoms with van der Waals surface area (Å²) in [6.45, 7) is -1.42. The summed E-state index contributed by atoms with van der Waals surface area (Å²) in [6.07, 6.45) is 0. The lowest BCUT2D eigenvalue weighted by Gasteiger charge is -2.04. The number of benzene rings is 1. The number of halogens is 3. The number of nitro benzene ring substituents is 1. The van der Waals surface area contributed by atoms with Gasteiger partial charge in [0.25, 0.3) is 11.6 Å². The van der Waals surface area contributed by atoms with Gasteiger partial charge in [0.15, 0.2) is 18.3 Å². The predicted molar refractivity (Wildman–Crippen MR) is 47.6 cm³/mol. The molecule has 1 aromatic carbocycles. The van der Waals surface area contributed by atoms with E-state index in [1.165, 1.54) is 0 Å². The molecule has 0 atom stereocenters. The van der Waals surface area contributed by atoms with E-state index in [1.807, 2.05) is 0 Å². The summed E-state index contributed by atoms with van der Waals surface area (Å²) in [5.41, 5.74) is -1.44. The average molecular weight is 234 g/mol. The van der Waals surface area contributed by atoms with Gasteiger partial charge in [-0.2, -0.15) is 0 Å². The van der Waals surface area contributed by atoms with Gasteiger partial charge in [-0.05, 0) is 0 Å².